The summed E-state index contributed by atoms with van der Waals surface area (Å²) in [4.78, 5) is 11.4. The van der Waals surface area contributed by atoms with E-state index in [0.29, 0.717) is 11.4 Å². The predicted molar refractivity (Wildman–Crippen MR) is 89.5 cm³/mol. The molecule has 3 rings (SSSR count). The number of hydrogen-bond donors (Lipinski definition) is 2. The molecule has 0 spiro atoms. The molecule has 1 aromatic heterocycles. The van der Waals surface area contributed by atoms with E-state index in [4.69, 9.17) is 17.3 Å². The van der Waals surface area contributed by atoms with Gasteiger partial charge in [0.1, 0.15) is 0 Å². The number of nitrogens with two attached hydrogens (primary N) is 1. The number of carbonyl (C=O) groups excluding carboxylic acids is 1. The number of benzene rings is 1. The van der Waals surface area contributed by atoms with Crippen LogP contribution in [-0.4, -0.2) is 5.91 Å². The molecule has 1 atom stereocenters. The molecule has 3 N–H and O–H groups in total. The molecule has 2 heterocycles. The number of anilines is 1. The maximum absolute atomic E-state index is 11.4. The fourth-order valence-electron chi connectivity index (χ4n) is 2.24. The standard InChI is InChI=1S/C13H9Br2ClN2OS/c14-10-3-7(13(15)20-10)12(17)6-1-5-2-11(19)18-9(5)4-8(6)16/h1,3-4,12H,2,17H2,(H,18,19). The Bertz CT molecular complexity index is 717. The molecule has 0 radical (unpaired) electrons. The van der Waals surface area contributed by atoms with Crippen LogP contribution in [0.2, 0.25) is 5.02 Å². The Morgan fingerprint density at radius 3 is 2.70 bits per heavy atom. The lowest BCUT2D eigenvalue weighted by Crippen LogP contribution is -2.12. The quantitative estimate of drug-likeness (QED) is 0.730. The fraction of sp³-hybridized carbons (Fsp3) is 0.154. The second kappa shape index (κ2) is 5.42. The Morgan fingerprint density at radius 2 is 2.05 bits per heavy atom. The van der Waals surface area contributed by atoms with Gasteiger partial charge in [-0.15, -0.1) is 11.3 Å². The van der Waals surface area contributed by atoms with Gasteiger partial charge in [-0.25, -0.2) is 0 Å². The summed E-state index contributed by atoms with van der Waals surface area (Å²) < 4.78 is 1.98. The zero-order valence-electron chi connectivity index (χ0n) is 10.0. The normalized spacial score (nSPS) is 15.1. The lowest BCUT2D eigenvalue weighted by molar-refractivity contribution is -0.115. The minimum atomic E-state index is -0.333. The van der Waals surface area contributed by atoms with Gasteiger partial charge in [0.2, 0.25) is 5.91 Å². The minimum absolute atomic E-state index is 0.0127. The van der Waals surface area contributed by atoms with Crippen molar-refractivity contribution in [2.24, 2.45) is 5.73 Å². The summed E-state index contributed by atoms with van der Waals surface area (Å²) in [6.45, 7) is 0. The van der Waals surface area contributed by atoms with Gasteiger partial charge in [-0.2, -0.15) is 0 Å². The zero-order valence-corrected chi connectivity index (χ0v) is 14.8. The van der Waals surface area contributed by atoms with Gasteiger partial charge in [0, 0.05) is 10.7 Å². The number of rotatable bonds is 2. The van der Waals surface area contributed by atoms with Crippen LogP contribution in [0.15, 0.2) is 25.8 Å². The molecule has 1 unspecified atom stereocenters. The van der Waals surface area contributed by atoms with Crippen molar-refractivity contribution in [3.8, 4) is 0 Å². The smallest absolute Gasteiger partial charge is 0.228 e. The number of hydrogen-bond acceptors (Lipinski definition) is 3. The molecule has 7 heteroatoms. The highest BCUT2D eigenvalue weighted by Gasteiger charge is 2.23. The molecule has 1 aromatic carbocycles. The van der Waals surface area contributed by atoms with Crippen molar-refractivity contribution in [1.29, 1.82) is 0 Å². The number of halogens is 3. The van der Waals surface area contributed by atoms with E-state index in [1.807, 2.05) is 12.1 Å². The van der Waals surface area contributed by atoms with Gasteiger partial charge < -0.3 is 11.1 Å². The van der Waals surface area contributed by atoms with Crippen LogP contribution < -0.4 is 11.1 Å². The Labute approximate surface area is 141 Å². The number of amides is 1. The van der Waals surface area contributed by atoms with Gasteiger partial charge in [-0.1, -0.05) is 11.6 Å². The maximum Gasteiger partial charge on any atom is 0.228 e. The molecule has 1 aliphatic heterocycles. The van der Waals surface area contributed by atoms with E-state index >= 15 is 0 Å². The molecule has 1 amide bonds. The first kappa shape index (κ1) is 14.5. The van der Waals surface area contributed by atoms with Crippen LogP contribution in [0.4, 0.5) is 5.69 Å². The van der Waals surface area contributed by atoms with Gasteiger partial charge in [0.25, 0.3) is 0 Å². The number of nitrogens with one attached hydrogen (secondary N) is 1. The third-order valence-corrected chi connectivity index (χ3v) is 5.91. The van der Waals surface area contributed by atoms with Gasteiger partial charge in [-0.05, 0) is 66.7 Å². The number of carbonyl (C=O) groups is 1. The van der Waals surface area contributed by atoms with Crippen LogP contribution in [0.5, 0.6) is 0 Å². The van der Waals surface area contributed by atoms with Crippen molar-refractivity contribution in [3.63, 3.8) is 0 Å². The van der Waals surface area contributed by atoms with Gasteiger partial charge in [0.15, 0.2) is 0 Å². The lowest BCUT2D eigenvalue weighted by atomic mass is 9.99. The molecule has 0 fully saturated rings. The second-order valence-electron chi connectivity index (χ2n) is 4.51. The molecule has 1 aliphatic rings. The van der Waals surface area contributed by atoms with Crippen molar-refractivity contribution in [3.05, 3.63) is 47.5 Å². The predicted octanol–water partition coefficient (Wildman–Crippen LogP) is 4.47. The largest absolute Gasteiger partial charge is 0.325 e. The Balaban J connectivity index is 2.04. The monoisotopic (exact) mass is 434 g/mol. The molecular weight excluding hydrogens is 427 g/mol. The van der Waals surface area contributed by atoms with Crippen molar-refractivity contribution >= 4 is 66.4 Å². The van der Waals surface area contributed by atoms with E-state index in [-0.39, 0.29) is 11.9 Å². The SMILES string of the molecule is NC(c1cc2c(cc1Cl)NC(=O)C2)c1cc(Br)sc1Br. The summed E-state index contributed by atoms with van der Waals surface area (Å²) in [5.41, 5.74) is 9.85. The highest BCUT2D eigenvalue weighted by atomic mass is 79.9. The molecule has 104 valence electrons. The highest BCUT2D eigenvalue weighted by molar-refractivity contribution is 9.12. The lowest BCUT2D eigenvalue weighted by Gasteiger charge is -2.15. The molecular formula is C13H9Br2ClN2OS. The zero-order chi connectivity index (χ0) is 14.4. The van der Waals surface area contributed by atoms with E-state index in [0.717, 1.165) is 30.0 Å². The maximum atomic E-state index is 11.4. The van der Waals surface area contributed by atoms with E-state index in [1.165, 1.54) is 0 Å². The average molecular weight is 437 g/mol. The Hall–Kier alpha value is -0.400. The third kappa shape index (κ3) is 2.55. The average Bonchev–Trinajstić information content (AvgIpc) is 2.88. The molecule has 0 bridgehead atoms. The topological polar surface area (TPSA) is 55.1 Å². The van der Waals surface area contributed by atoms with E-state index in [2.05, 4.69) is 37.2 Å². The summed E-state index contributed by atoms with van der Waals surface area (Å²) in [5.74, 6) is -0.0127. The first-order valence-electron chi connectivity index (χ1n) is 5.78. The first-order valence-corrected chi connectivity index (χ1v) is 8.56. The highest BCUT2D eigenvalue weighted by Crippen LogP contribution is 2.40. The molecule has 0 saturated carbocycles. The summed E-state index contributed by atoms with van der Waals surface area (Å²) in [6.07, 6.45) is 0.376. The Kier molecular flexibility index (Phi) is 3.94. The van der Waals surface area contributed by atoms with E-state index in [1.54, 1.807) is 17.4 Å². The van der Waals surface area contributed by atoms with Crippen molar-refractivity contribution in [2.75, 3.05) is 5.32 Å². The van der Waals surface area contributed by atoms with Crippen LogP contribution in [0, 0.1) is 0 Å². The van der Waals surface area contributed by atoms with Gasteiger partial charge in [-0.3, -0.25) is 4.79 Å². The van der Waals surface area contributed by atoms with E-state index < -0.39 is 0 Å². The molecule has 2 aromatic rings. The summed E-state index contributed by atoms with van der Waals surface area (Å²) in [5, 5.41) is 3.34. The summed E-state index contributed by atoms with van der Waals surface area (Å²) >= 11 is 14.8. The van der Waals surface area contributed by atoms with Crippen molar-refractivity contribution in [2.45, 2.75) is 12.5 Å². The number of thiophene rings is 1. The first-order chi connectivity index (χ1) is 9.45. The molecule has 20 heavy (non-hydrogen) atoms. The van der Waals surface area contributed by atoms with Crippen LogP contribution in [0.25, 0.3) is 0 Å². The van der Waals surface area contributed by atoms with Crippen molar-refractivity contribution < 1.29 is 4.79 Å². The van der Waals surface area contributed by atoms with E-state index in [9.17, 15) is 4.79 Å². The van der Waals surface area contributed by atoms with Crippen LogP contribution in [0.3, 0.4) is 0 Å². The second-order valence-corrected chi connectivity index (χ2v) is 8.67. The van der Waals surface area contributed by atoms with Crippen LogP contribution in [0.1, 0.15) is 22.7 Å². The van der Waals surface area contributed by atoms with Gasteiger partial charge in [0.05, 0.1) is 20.0 Å². The third-order valence-electron chi connectivity index (χ3n) is 3.20. The minimum Gasteiger partial charge on any atom is -0.325 e. The van der Waals surface area contributed by atoms with Gasteiger partial charge >= 0.3 is 0 Å². The molecule has 0 saturated heterocycles. The molecule has 0 aliphatic carbocycles. The van der Waals surface area contributed by atoms with Crippen LogP contribution >= 0.6 is 54.8 Å². The molecule has 3 nitrogen and oxygen atoms in total. The fourth-order valence-corrected chi connectivity index (χ4v) is 5.45. The van der Waals surface area contributed by atoms with Crippen molar-refractivity contribution in [1.82, 2.24) is 0 Å². The van der Waals surface area contributed by atoms with Crippen LogP contribution in [-0.2, 0) is 11.2 Å². The summed E-state index contributed by atoms with van der Waals surface area (Å²) in [6, 6.07) is 5.33. The Morgan fingerprint density at radius 1 is 1.30 bits per heavy atom. The summed E-state index contributed by atoms with van der Waals surface area (Å²) in [7, 11) is 0. The number of fused-ring (bicyclic) bond motifs is 1.